The molecule has 0 aliphatic carbocycles. The molecule has 1 aromatic carbocycles. The summed E-state index contributed by atoms with van der Waals surface area (Å²) in [6.45, 7) is 4.87. The minimum Gasteiger partial charge on any atom is -0.493 e. The van der Waals surface area contributed by atoms with Crippen LogP contribution in [0.5, 0.6) is 5.75 Å². The molecule has 0 aliphatic rings. The van der Waals surface area contributed by atoms with Crippen molar-refractivity contribution in [3.63, 3.8) is 0 Å². The van der Waals surface area contributed by atoms with E-state index in [1.807, 2.05) is 25.1 Å². The van der Waals surface area contributed by atoms with Crippen molar-refractivity contribution in [2.24, 2.45) is 4.99 Å². The Hall–Kier alpha value is -1.84. The summed E-state index contributed by atoms with van der Waals surface area (Å²) in [6, 6.07) is 6.11. The largest absolute Gasteiger partial charge is 0.493 e. The van der Waals surface area contributed by atoms with Gasteiger partial charge in [0.15, 0.2) is 5.96 Å². The van der Waals surface area contributed by atoms with Gasteiger partial charge in [0.25, 0.3) is 0 Å². The molecule has 0 saturated heterocycles. The topological polar surface area (TPSA) is 101 Å². The Morgan fingerprint density at radius 3 is 2.59 bits per heavy atom. The van der Waals surface area contributed by atoms with E-state index in [1.54, 1.807) is 14.2 Å². The minimum atomic E-state index is -3.14. The van der Waals surface area contributed by atoms with Crippen LogP contribution in [0.15, 0.2) is 23.2 Å². The third-order valence-electron chi connectivity index (χ3n) is 3.65. The lowest BCUT2D eigenvalue weighted by Gasteiger charge is -2.15. The van der Waals surface area contributed by atoms with Crippen LogP contribution < -0.4 is 20.1 Å². The summed E-state index contributed by atoms with van der Waals surface area (Å²) in [4.78, 5) is 4.18. The Morgan fingerprint density at radius 2 is 1.93 bits per heavy atom. The van der Waals surface area contributed by atoms with E-state index in [9.17, 15) is 8.42 Å². The zero-order valence-electron chi connectivity index (χ0n) is 16.7. The van der Waals surface area contributed by atoms with Gasteiger partial charge >= 0.3 is 0 Å². The average molecular weight is 401 g/mol. The number of rotatable bonds is 12. The molecule has 154 valence electrons. The molecule has 0 spiro atoms. The summed E-state index contributed by atoms with van der Waals surface area (Å²) >= 11 is 0. The summed E-state index contributed by atoms with van der Waals surface area (Å²) in [5, 5.41) is 6.41. The van der Waals surface area contributed by atoms with Gasteiger partial charge in [-0.25, -0.2) is 13.1 Å². The highest BCUT2D eigenvalue weighted by Gasteiger charge is 2.06. The maximum atomic E-state index is 11.0. The van der Waals surface area contributed by atoms with Gasteiger partial charge in [-0.3, -0.25) is 4.99 Å². The number of sulfonamides is 1. The monoisotopic (exact) mass is 400 g/mol. The zero-order chi connectivity index (χ0) is 20.1. The van der Waals surface area contributed by atoms with Gasteiger partial charge in [-0.2, -0.15) is 0 Å². The van der Waals surface area contributed by atoms with E-state index in [0.717, 1.165) is 29.6 Å². The van der Waals surface area contributed by atoms with Crippen LogP contribution in [0.2, 0.25) is 0 Å². The average Bonchev–Trinajstić information content (AvgIpc) is 2.61. The van der Waals surface area contributed by atoms with Crippen LogP contribution >= 0.6 is 0 Å². The van der Waals surface area contributed by atoms with Gasteiger partial charge in [0, 0.05) is 52.4 Å². The Bertz CT molecular complexity index is 693. The first-order valence-electron chi connectivity index (χ1n) is 8.96. The highest BCUT2D eigenvalue weighted by Crippen LogP contribution is 2.20. The van der Waals surface area contributed by atoms with E-state index in [0.29, 0.717) is 45.2 Å². The molecule has 3 N–H and O–H groups in total. The normalized spacial score (nSPS) is 12.1. The molecule has 0 unspecified atom stereocenters. The van der Waals surface area contributed by atoms with Crippen molar-refractivity contribution >= 4 is 16.0 Å². The number of nitrogens with one attached hydrogen (secondary N) is 3. The molecule has 0 radical (unpaired) electrons. The summed E-state index contributed by atoms with van der Waals surface area (Å²) in [6.07, 6.45) is 2.64. The maximum Gasteiger partial charge on any atom is 0.208 e. The minimum absolute atomic E-state index is 0.389. The van der Waals surface area contributed by atoms with Gasteiger partial charge in [-0.05, 0) is 25.0 Å². The van der Waals surface area contributed by atoms with E-state index in [2.05, 4.69) is 20.3 Å². The molecule has 1 aromatic rings. The van der Waals surface area contributed by atoms with Crippen LogP contribution in [0, 0.1) is 6.92 Å². The van der Waals surface area contributed by atoms with Crippen molar-refractivity contribution in [1.29, 1.82) is 0 Å². The molecule has 27 heavy (non-hydrogen) atoms. The predicted molar refractivity (Wildman–Crippen MR) is 109 cm³/mol. The van der Waals surface area contributed by atoms with E-state index in [1.165, 1.54) is 0 Å². The zero-order valence-corrected chi connectivity index (χ0v) is 17.5. The smallest absolute Gasteiger partial charge is 0.208 e. The highest BCUT2D eigenvalue weighted by molar-refractivity contribution is 7.88. The van der Waals surface area contributed by atoms with Gasteiger partial charge in [-0.1, -0.05) is 12.1 Å². The summed E-state index contributed by atoms with van der Waals surface area (Å²) in [7, 11) is 0.232. The van der Waals surface area contributed by atoms with Crippen molar-refractivity contribution in [2.45, 2.75) is 26.3 Å². The lowest BCUT2D eigenvalue weighted by molar-refractivity contribution is 0.171. The molecule has 0 saturated carbocycles. The quantitative estimate of drug-likeness (QED) is 0.275. The van der Waals surface area contributed by atoms with E-state index in [4.69, 9.17) is 9.47 Å². The van der Waals surface area contributed by atoms with Crippen LogP contribution in [-0.4, -0.2) is 61.1 Å². The lowest BCUT2D eigenvalue weighted by atomic mass is 10.1. The standard InChI is InChI=1S/C18H32N4O4S/c1-15-7-8-16(17(13-15)26-12-6-11-25-3)14-21-18(19-2)20-9-5-10-22-27(4,23)24/h7-8,13,22H,5-6,9-12,14H2,1-4H3,(H2,19,20,21). The summed E-state index contributed by atoms with van der Waals surface area (Å²) < 4.78 is 35.4. The molecule has 8 nitrogen and oxygen atoms in total. The number of aryl methyl sites for hydroxylation is 1. The first-order valence-corrected chi connectivity index (χ1v) is 10.8. The fourth-order valence-electron chi connectivity index (χ4n) is 2.28. The number of methoxy groups -OCH3 is 1. The lowest BCUT2D eigenvalue weighted by Crippen LogP contribution is -2.38. The van der Waals surface area contributed by atoms with Gasteiger partial charge in [-0.15, -0.1) is 0 Å². The second kappa shape index (κ2) is 12.5. The Labute approximate surface area is 162 Å². The summed E-state index contributed by atoms with van der Waals surface area (Å²) in [5.41, 5.74) is 2.18. The molecule has 0 heterocycles. The van der Waals surface area contributed by atoms with Crippen LogP contribution in [-0.2, 0) is 21.3 Å². The van der Waals surface area contributed by atoms with E-state index < -0.39 is 10.0 Å². The third-order valence-corrected chi connectivity index (χ3v) is 4.38. The van der Waals surface area contributed by atoms with Crippen molar-refractivity contribution in [3.8, 4) is 5.75 Å². The molecule has 0 fully saturated rings. The number of nitrogens with zero attached hydrogens (tertiary/aromatic N) is 1. The number of hydrogen-bond donors (Lipinski definition) is 3. The van der Waals surface area contributed by atoms with Crippen molar-refractivity contribution < 1.29 is 17.9 Å². The van der Waals surface area contributed by atoms with Crippen molar-refractivity contribution in [2.75, 3.05) is 46.7 Å². The molecule has 0 bridgehead atoms. The first kappa shape index (κ1) is 23.2. The Morgan fingerprint density at radius 1 is 1.15 bits per heavy atom. The van der Waals surface area contributed by atoms with E-state index in [-0.39, 0.29) is 0 Å². The number of benzene rings is 1. The van der Waals surface area contributed by atoms with Crippen LogP contribution in [0.3, 0.4) is 0 Å². The predicted octanol–water partition coefficient (Wildman–Crippen LogP) is 1.01. The molecular weight excluding hydrogens is 368 g/mol. The van der Waals surface area contributed by atoms with Gasteiger partial charge in [0.2, 0.25) is 10.0 Å². The first-order chi connectivity index (χ1) is 12.9. The number of hydrogen-bond acceptors (Lipinski definition) is 5. The van der Waals surface area contributed by atoms with Gasteiger partial charge < -0.3 is 20.1 Å². The number of guanidine groups is 1. The van der Waals surface area contributed by atoms with Crippen molar-refractivity contribution in [3.05, 3.63) is 29.3 Å². The number of ether oxygens (including phenoxy) is 2. The van der Waals surface area contributed by atoms with E-state index >= 15 is 0 Å². The highest BCUT2D eigenvalue weighted by atomic mass is 32.2. The second-order valence-electron chi connectivity index (χ2n) is 6.18. The Balaban J connectivity index is 2.47. The second-order valence-corrected chi connectivity index (χ2v) is 8.01. The molecule has 0 aromatic heterocycles. The SMILES string of the molecule is CN=C(NCCCNS(C)(=O)=O)NCc1ccc(C)cc1OCCCOC. The number of aliphatic imine (C=N–C) groups is 1. The van der Waals surface area contributed by atoms with Gasteiger partial charge in [0.05, 0.1) is 12.9 Å². The molecule has 0 aliphatic heterocycles. The van der Waals surface area contributed by atoms with Crippen molar-refractivity contribution in [1.82, 2.24) is 15.4 Å². The third kappa shape index (κ3) is 10.8. The van der Waals surface area contributed by atoms with Gasteiger partial charge in [0.1, 0.15) is 5.75 Å². The maximum absolute atomic E-state index is 11.0. The molecule has 0 atom stereocenters. The molecule has 0 amide bonds. The molecule has 9 heteroatoms. The van der Waals surface area contributed by atoms with Crippen LogP contribution in [0.1, 0.15) is 24.0 Å². The fourth-order valence-corrected chi connectivity index (χ4v) is 2.79. The Kier molecular flexibility index (Phi) is 10.8. The van der Waals surface area contributed by atoms with Crippen LogP contribution in [0.25, 0.3) is 0 Å². The summed E-state index contributed by atoms with van der Waals surface area (Å²) in [5.74, 6) is 1.51. The van der Waals surface area contributed by atoms with Crippen LogP contribution in [0.4, 0.5) is 0 Å². The fraction of sp³-hybridized carbons (Fsp3) is 0.611. The molecule has 1 rings (SSSR count). The molecular formula is C18H32N4O4S.